The summed E-state index contributed by atoms with van der Waals surface area (Å²) in [6.45, 7) is 4.32. The van der Waals surface area contributed by atoms with Gasteiger partial charge in [-0.3, -0.25) is 4.79 Å². The molecule has 2 aromatic carbocycles. The second kappa shape index (κ2) is 5.40. The first-order valence-electron chi connectivity index (χ1n) is 9.99. The minimum atomic E-state index is -1.88. The number of hydrogen-bond donors (Lipinski definition) is 1. The number of rotatable bonds is 2. The molecule has 7 nitrogen and oxygen atoms in total. The van der Waals surface area contributed by atoms with E-state index in [1.54, 1.807) is 24.3 Å². The SMILES string of the molecule is COc1cc2c(cc1OC)[C@]1(O)C(=O)c3ccc4c(c3O[C@@H]1CO2)[C@H]1[C@H](O4)C1(C)C. The van der Waals surface area contributed by atoms with Crippen LogP contribution in [-0.4, -0.2) is 43.9 Å². The van der Waals surface area contributed by atoms with Gasteiger partial charge in [0.05, 0.1) is 19.8 Å². The van der Waals surface area contributed by atoms with Gasteiger partial charge in [0.2, 0.25) is 5.78 Å². The van der Waals surface area contributed by atoms with Crippen molar-refractivity contribution in [2.75, 3.05) is 20.8 Å². The molecule has 0 amide bonds. The molecule has 0 radical (unpaired) electrons. The molecule has 1 aliphatic carbocycles. The maximum absolute atomic E-state index is 13.7. The van der Waals surface area contributed by atoms with E-state index in [4.69, 9.17) is 23.7 Å². The average molecular weight is 410 g/mol. The monoisotopic (exact) mass is 410 g/mol. The molecular formula is C23H22O7. The molecule has 3 aliphatic heterocycles. The first kappa shape index (κ1) is 17.9. The van der Waals surface area contributed by atoms with Crippen LogP contribution in [0.5, 0.6) is 28.7 Å². The fraction of sp³-hybridized carbons (Fsp3) is 0.435. The van der Waals surface area contributed by atoms with Crippen LogP contribution in [0.1, 0.15) is 41.3 Å². The Morgan fingerprint density at radius 1 is 1.07 bits per heavy atom. The van der Waals surface area contributed by atoms with E-state index < -0.39 is 17.5 Å². The molecule has 1 N–H and O–H groups in total. The number of ether oxygens (including phenoxy) is 5. The van der Waals surface area contributed by atoms with Crippen LogP contribution in [-0.2, 0) is 5.60 Å². The van der Waals surface area contributed by atoms with Crippen molar-refractivity contribution in [3.63, 3.8) is 0 Å². The topological polar surface area (TPSA) is 83.5 Å². The van der Waals surface area contributed by atoms with Gasteiger partial charge in [-0.05, 0) is 18.2 Å². The summed E-state index contributed by atoms with van der Waals surface area (Å²) < 4.78 is 28.9. The van der Waals surface area contributed by atoms with E-state index in [1.165, 1.54) is 14.2 Å². The number of ketones is 1. The molecule has 2 aromatic rings. The van der Waals surface area contributed by atoms with E-state index in [-0.39, 0.29) is 24.0 Å². The standard InChI is InChI=1S/C23H22O7/c1-22(2)18-17-12(29-21(18)22)6-5-10-19(17)30-16-9-28-13-8-15(27-4)14(26-3)7-11(13)23(16,25)20(10)24/h5-8,16,18,21,25H,9H2,1-4H3/t16-,18+,21+,23-/m1/s1. The summed E-state index contributed by atoms with van der Waals surface area (Å²) in [4.78, 5) is 13.7. The lowest BCUT2D eigenvalue weighted by Gasteiger charge is -2.43. The van der Waals surface area contributed by atoms with Crippen LogP contribution in [0.25, 0.3) is 0 Å². The zero-order valence-corrected chi connectivity index (χ0v) is 17.1. The maximum atomic E-state index is 13.7. The Morgan fingerprint density at radius 3 is 2.53 bits per heavy atom. The fourth-order valence-corrected chi connectivity index (χ4v) is 5.23. The number of Topliss-reactive ketones (excluding diaryl/α,β-unsaturated/α-hetero) is 1. The minimum absolute atomic E-state index is 0.00185. The Morgan fingerprint density at radius 2 is 1.80 bits per heavy atom. The highest BCUT2D eigenvalue weighted by Gasteiger charge is 2.67. The smallest absolute Gasteiger partial charge is 0.206 e. The zero-order chi connectivity index (χ0) is 21.0. The van der Waals surface area contributed by atoms with Crippen molar-refractivity contribution in [3.8, 4) is 28.7 Å². The molecule has 156 valence electrons. The lowest BCUT2D eigenvalue weighted by atomic mass is 9.76. The fourth-order valence-electron chi connectivity index (χ4n) is 5.23. The van der Waals surface area contributed by atoms with E-state index >= 15 is 0 Å². The number of methoxy groups -OCH3 is 2. The maximum Gasteiger partial charge on any atom is 0.206 e. The van der Waals surface area contributed by atoms with Gasteiger partial charge in [-0.25, -0.2) is 0 Å². The molecule has 1 fully saturated rings. The molecule has 0 saturated heterocycles. The van der Waals surface area contributed by atoms with Gasteiger partial charge >= 0.3 is 0 Å². The van der Waals surface area contributed by atoms with Gasteiger partial charge in [0.25, 0.3) is 0 Å². The number of benzene rings is 2. The summed E-state index contributed by atoms with van der Waals surface area (Å²) in [6, 6.07) is 6.69. The largest absolute Gasteiger partial charge is 0.493 e. The third-order valence-corrected chi connectivity index (χ3v) is 7.05. The quantitative estimate of drug-likeness (QED) is 0.815. The van der Waals surface area contributed by atoms with E-state index in [2.05, 4.69) is 13.8 Å². The van der Waals surface area contributed by atoms with Crippen LogP contribution in [0.4, 0.5) is 0 Å². The van der Waals surface area contributed by atoms with E-state index in [0.717, 1.165) is 11.3 Å². The molecule has 3 heterocycles. The van der Waals surface area contributed by atoms with Crippen molar-refractivity contribution in [2.24, 2.45) is 5.41 Å². The highest BCUT2D eigenvalue weighted by Crippen LogP contribution is 2.69. The van der Waals surface area contributed by atoms with Crippen LogP contribution in [0.3, 0.4) is 0 Å². The summed E-state index contributed by atoms with van der Waals surface area (Å²) in [5.41, 5.74) is -0.278. The van der Waals surface area contributed by atoms with Crippen molar-refractivity contribution in [3.05, 3.63) is 41.0 Å². The molecule has 0 bridgehead atoms. The summed E-state index contributed by atoms with van der Waals surface area (Å²) in [7, 11) is 3.02. The lowest BCUT2D eigenvalue weighted by molar-refractivity contribution is -0.0803. The highest BCUT2D eigenvalue weighted by atomic mass is 16.6. The highest BCUT2D eigenvalue weighted by molar-refractivity contribution is 6.08. The number of fused-ring (bicyclic) bond motifs is 8. The van der Waals surface area contributed by atoms with Crippen LogP contribution >= 0.6 is 0 Å². The van der Waals surface area contributed by atoms with E-state index in [1.807, 2.05) is 0 Å². The van der Waals surface area contributed by atoms with Crippen molar-refractivity contribution < 1.29 is 33.6 Å². The van der Waals surface area contributed by atoms with Gasteiger partial charge in [0, 0.05) is 28.5 Å². The average Bonchev–Trinajstić information content (AvgIpc) is 3.08. The van der Waals surface area contributed by atoms with Gasteiger partial charge in [-0.1, -0.05) is 13.8 Å². The molecule has 4 atom stereocenters. The Hall–Kier alpha value is -2.93. The number of carbonyl (C=O) groups is 1. The molecule has 0 aromatic heterocycles. The van der Waals surface area contributed by atoms with Gasteiger partial charge in [0.1, 0.15) is 30.0 Å². The number of hydrogen-bond acceptors (Lipinski definition) is 7. The van der Waals surface area contributed by atoms with Gasteiger partial charge < -0.3 is 28.8 Å². The molecule has 1 saturated carbocycles. The Labute approximate surface area is 173 Å². The summed E-state index contributed by atoms with van der Waals surface area (Å²) in [6.07, 6.45) is -0.783. The van der Waals surface area contributed by atoms with Crippen molar-refractivity contribution in [1.82, 2.24) is 0 Å². The molecule has 4 aliphatic rings. The van der Waals surface area contributed by atoms with Crippen molar-refractivity contribution >= 4 is 5.78 Å². The second-order valence-electron chi connectivity index (χ2n) is 8.91. The molecule has 0 spiro atoms. The van der Waals surface area contributed by atoms with Crippen LogP contribution < -0.4 is 23.7 Å². The number of aliphatic hydroxyl groups is 1. The van der Waals surface area contributed by atoms with E-state index in [0.29, 0.717) is 34.1 Å². The first-order chi connectivity index (χ1) is 14.3. The predicted molar refractivity (Wildman–Crippen MR) is 105 cm³/mol. The van der Waals surface area contributed by atoms with Gasteiger partial charge in [0.15, 0.2) is 23.2 Å². The third kappa shape index (κ3) is 1.92. The molecule has 7 heteroatoms. The lowest BCUT2D eigenvalue weighted by Crippen LogP contribution is -2.57. The second-order valence-corrected chi connectivity index (χ2v) is 8.91. The van der Waals surface area contributed by atoms with Crippen LogP contribution in [0.15, 0.2) is 24.3 Å². The van der Waals surface area contributed by atoms with Crippen molar-refractivity contribution in [1.29, 1.82) is 0 Å². The minimum Gasteiger partial charge on any atom is -0.493 e. The van der Waals surface area contributed by atoms with Gasteiger partial charge in [-0.2, -0.15) is 0 Å². The molecule has 30 heavy (non-hydrogen) atoms. The molecule has 6 rings (SSSR count). The summed E-state index contributed by atoms with van der Waals surface area (Å²) in [5.74, 6) is 2.28. The molecule has 0 unspecified atom stereocenters. The summed E-state index contributed by atoms with van der Waals surface area (Å²) >= 11 is 0. The van der Waals surface area contributed by atoms with E-state index in [9.17, 15) is 9.90 Å². The van der Waals surface area contributed by atoms with Gasteiger partial charge in [-0.15, -0.1) is 0 Å². The van der Waals surface area contributed by atoms with Crippen LogP contribution in [0, 0.1) is 5.41 Å². The predicted octanol–water partition coefficient (Wildman–Crippen LogP) is 2.81. The summed E-state index contributed by atoms with van der Waals surface area (Å²) in [5, 5.41) is 11.7. The third-order valence-electron chi connectivity index (χ3n) is 7.05. The molecular weight excluding hydrogens is 388 g/mol. The Bertz CT molecular complexity index is 1120. The van der Waals surface area contributed by atoms with Crippen molar-refractivity contribution in [2.45, 2.75) is 37.6 Å². The Kier molecular flexibility index (Phi) is 3.22. The zero-order valence-electron chi connectivity index (χ0n) is 17.1. The van der Waals surface area contributed by atoms with Crippen LogP contribution in [0.2, 0.25) is 0 Å². The number of carbonyl (C=O) groups excluding carboxylic acids is 1. The first-order valence-corrected chi connectivity index (χ1v) is 9.99. The normalized spacial score (nSPS) is 31.0. The Balaban J connectivity index is 1.51.